The van der Waals surface area contributed by atoms with Crippen molar-refractivity contribution in [1.82, 2.24) is 19.5 Å². The van der Waals surface area contributed by atoms with E-state index in [-0.39, 0.29) is 5.82 Å². The molecule has 1 fully saturated rings. The molecule has 1 aliphatic rings. The summed E-state index contributed by atoms with van der Waals surface area (Å²) in [6, 6.07) is 0. The summed E-state index contributed by atoms with van der Waals surface area (Å²) >= 11 is 0. The van der Waals surface area contributed by atoms with Crippen LogP contribution < -0.4 is 5.73 Å². The lowest BCUT2D eigenvalue weighted by Crippen LogP contribution is -2.22. The fourth-order valence-corrected chi connectivity index (χ4v) is 2.11. The second-order valence-electron chi connectivity index (χ2n) is 4.17. The zero-order chi connectivity index (χ0) is 12.7. The number of ether oxygens (including phenoxy) is 1. The minimum absolute atomic E-state index is 0.277. The first-order valence-electron chi connectivity index (χ1n) is 5.53. The molecular formula is C10H12FN5O2. The molecule has 3 rings (SSSR count). The van der Waals surface area contributed by atoms with Crippen LogP contribution in [0.15, 0.2) is 12.7 Å². The Morgan fingerprint density at radius 3 is 3.06 bits per heavy atom. The molecule has 18 heavy (non-hydrogen) atoms. The van der Waals surface area contributed by atoms with Gasteiger partial charge in [-0.25, -0.2) is 19.3 Å². The van der Waals surface area contributed by atoms with Crippen LogP contribution in [0.1, 0.15) is 12.6 Å². The summed E-state index contributed by atoms with van der Waals surface area (Å²) in [5, 5.41) is 9.63. The van der Waals surface area contributed by atoms with E-state index < -0.39 is 25.1 Å². The third-order valence-corrected chi connectivity index (χ3v) is 3.05. The maximum absolute atomic E-state index is 12.6. The van der Waals surface area contributed by atoms with Crippen LogP contribution in [-0.2, 0) is 4.74 Å². The molecule has 0 spiro atoms. The molecule has 3 N–H and O–H groups in total. The van der Waals surface area contributed by atoms with Crippen molar-refractivity contribution in [3.8, 4) is 0 Å². The third-order valence-electron chi connectivity index (χ3n) is 3.05. The molecule has 7 nitrogen and oxygen atoms in total. The van der Waals surface area contributed by atoms with Gasteiger partial charge in [0, 0.05) is 6.42 Å². The maximum atomic E-state index is 12.6. The number of alkyl halides is 1. The standard InChI is InChI=1S/C10H12FN5O2/c11-2-6-5(17)1-7(18-6)16-4-15-8-9(12)13-3-14-10(8)16/h3-7,17H,1-2H2,(H2,12,13,14). The number of aromatic nitrogens is 4. The minimum atomic E-state index is -0.823. The Morgan fingerprint density at radius 1 is 1.50 bits per heavy atom. The number of anilines is 1. The molecule has 0 aliphatic carbocycles. The summed E-state index contributed by atoms with van der Waals surface area (Å²) in [7, 11) is 0. The Labute approximate surface area is 101 Å². The monoisotopic (exact) mass is 253 g/mol. The number of aliphatic hydroxyl groups excluding tert-OH is 1. The lowest BCUT2D eigenvalue weighted by Gasteiger charge is -2.12. The Kier molecular flexibility index (Phi) is 2.60. The highest BCUT2D eigenvalue weighted by atomic mass is 19.1. The molecule has 1 aliphatic heterocycles. The molecule has 0 amide bonds. The van der Waals surface area contributed by atoms with Gasteiger partial charge in [-0.2, -0.15) is 0 Å². The fraction of sp³-hybridized carbons (Fsp3) is 0.500. The molecule has 2 aromatic rings. The first-order chi connectivity index (χ1) is 8.70. The topological polar surface area (TPSA) is 99.1 Å². The molecule has 8 heteroatoms. The van der Waals surface area contributed by atoms with E-state index in [0.29, 0.717) is 17.6 Å². The number of rotatable bonds is 2. The van der Waals surface area contributed by atoms with E-state index in [4.69, 9.17) is 10.5 Å². The number of halogens is 1. The maximum Gasteiger partial charge on any atom is 0.167 e. The molecular weight excluding hydrogens is 241 g/mol. The summed E-state index contributed by atoms with van der Waals surface area (Å²) in [5.41, 5.74) is 6.66. The van der Waals surface area contributed by atoms with Crippen molar-refractivity contribution >= 4 is 17.0 Å². The van der Waals surface area contributed by atoms with E-state index in [1.54, 1.807) is 4.57 Å². The number of nitrogens with two attached hydrogens (primary N) is 1. The van der Waals surface area contributed by atoms with Crippen LogP contribution in [0, 0.1) is 0 Å². The highest BCUT2D eigenvalue weighted by Gasteiger charge is 2.35. The number of hydrogen-bond donors (Lipinski definition) is 2. The molecule has 0 radical (unpaired) electrons. The van der Waals surface area contributed by atoms with Gasteiger partial charge in [0.15, 0.2) is 11.5 Å². The predicted octanol–water partition coefficient (Wildman–Crippen LogP) is 0.0264. The number of aliphatic hydroxyl groups is 1. The van der Waals surface area contributed by atoms with Crippen LogP contribution in [0.5, 0.6) is 0 Å². The number of nitrogen functional groups attached to an aromatic ring is 1. The lowest BCUT2D eigenvalue weighted by molar-refractivity contribution is -0.0279. The van der Waals surface area contributed by atoms with Gasteiger partial charge in [0.1, 0.15) is 30.9 Å². The van der Waals surface area contributed by atoms with Crippen LogP contribution >= 0.6 is 0 Å². The van der Waals surface area contributed by atoms with Gasteiger partial charge in [0.2, 0.25) is 0 Å². The van der Waals surface area contributed by atoms with Gasteiger partial charge in [-0.15, -0.1) is 0 Å². The summed E-state index contributed by atoms with van der Waals surface area (Å²) < 4.78 is 19.6. The van der Waals surface area contributed by atoms with Gasteiger partial charge in [-0.3, -0.25) is 4.57 Å². The van der Waals surface area contributed by atoms with E-state index in [9.17, 15) is 9.50 Å². The van der Waals surface area contributed by atoms with E-state index >= 15 is 0 Å². The molecule has 3 atom stereocenters. The second-order valence-corrected chi connectivity index (χ2v) is 4.17. The van der Waals surface area contributed by atoms with E-state index in [1.165, 1.54) is 12.7 Å². The SMILES string of the molecule is Nc1ncnc2c1ncn2C1CC(O)C(CF)O1. The van der Waals surface area contributed by atoms with Crippen molar-refractivity contribution in [2.24, 2.45) is 0 Å². The first kappa shape index (κ1) is 11.3. The van der Waals surface area contributed by atoms with Crippen LogP contribution in [-0.4, -0.2) is 43.5 Å². The van der Waals surface area contributed by atoms with Crippen molar-refractivity contribution in [3.05, 3.63) is 12.7 Å². The van der Waals surface area contributed by atoms with Crippen LogP contribution in [0.2, 0.25) is 0 Å². The van der Waals surface area contributed by atoms with Crippen LogP contribution in [0.3, 0.4) is 0 Å². The predicted molar refractivity (Wildman–Crippen MR) is 60.2 cm³/mol. The van der Waals surface area contributed by atoms with Crippen LogP contribution in [0.25, 0.3) is 11.2 Å². The molecule has 0 saturated carbocycles. The van der Waals surface area contributed by atoms with Crippen molar-refractivity contribution in [1.29, 1.82) is 0 Å². The average molecular weight is 253 g/mol. The highest BCUT2D eigenvalue weighted by molar-refractivity contribution is 5.81. The van der Waals surface area contributed by atoms with Crippen molar-refractivity contribution in [2.75, 3.05) is 12.4 Å². The summed E-state index contributed by atoms with van der Waals surface area (Å²) in [6.45, 7) is -0.721. The molecule has 96 valence electrons. The smallest absolute Gasteiger partial charge is 0.167 e. The van der Waals surface area contributed by atoms with Gasteiger partial charge in [0.25, 0.3) is 0 Å². The van der Waals surface area contributed by atoms with Gasteiger partial charge in [-0.05, 0) is 0 Å². The minimum Gasteiger partial charge on any atom is -0.390 e. The Morgan fingerprint density at radius 2 is 2.33 bits per heavy atom. The van der Waals surface area contributed by atoms with Gasteiger partial charge in [-0.1, -0.05) is 0 Å². The fourth-order valence-electron chi connectivity index (χ4n) is 2.11. The van der Waals surface area contributed by atoms with Crippen LogP contribution in [0.4, 0.5) is 10.2 Å². The van der Waals surface area contributed by atoms with E-state index in [1.807, 2.05) is 0 Å². The zero-order valence-corrected chi connectivity index (χ0v) is 9.40. The van der Waals surface area contributed by atoms with E-state index in [2.05, 4.69) is 15.0 Å². The molecule has 1 saturated heterocycles. The molecule has 2 aromatic heterocycles. The lowest BCUT2D eigenvalue weighted by atomic mass is 10.2. The quantitative estimate of drug-likeness (QED) is 0.783. The summed E-state index contributed by atoms with van der Waals surface area (Å²) in [4.78, 5) is 12.0. The number of fused-ring (bicyclic) bond motifs is 1. The molecule has 3 heterocycles. The summed E-state index contributed by atoms with van der Waals surface area (Å²) in [6.07, 6.45) is 1.02. The number of nitrogens with zero attached hydrogens (tertiary/aromatic N) is 4. The normalized spacial score (nSPS) is 28.0. The largest absolute Gasteiger partial charge is 0.390 e. The highest BCUT2D eigenvalue weighted by Crippen LogP contribution is 2.31. The molecule has 0 aromatic carbocycles. The first-order valence-corrected chi connectivity index (χ1v) is 5.53. The zero-order valence-electron chi connectivity index (χ0n) is 9.40. The Hall–Kier alpha value is -1.80. The molecule has 0 bridgehead atoms. The van der Waals surface area contributed by atoms with Gasteiger partial charge < -0.3 is 15.6 Å². The van der Waals surface area contributed by atoms with Crippen molar-refractivity contribution in [2.45, 2.75) is 24.9 Å². The number of imidazole rings is 1. The van der Waals surface area contributed by atoms with Gasteiger partial charge in [0.05, 0.1) is 12.4 Å². The molecule has 3 unspecified atom stereocenters. The summed E-state index contributed by atoms with van der Waals surface area (Å²) in [5.74, 6) is 0.277. The third kappa shape index (κ3) is 1.61. The number of hydrogen-bond acceptors (Lipinski definition) is 6. The van der Waals surface area contributed by atoms with Crippen molar-refractivity contribution in [3.63, 3.8) is 0 Å². The average Bonchev–Trinajstić information content (AvgIpc) is 2.93. The Bertz CT molecular complexity index is 574. The van der Waals surface area contributed by atoms with Crippen molar-refractivity contribution < 1.29 is 14.2 Å². The second kappa shape index (κ2) is 4.14. The van der Waals surface area contributed by atoms with E-state index in [0.717, 1.165) is 0 Å². The Balaban J connectivity index is 1.99. The van der Waals surface area contributed by atoms with Gasteiger partial charge >= 0.3 is 0 Å².